The van der Waals surface area contributed by atoms with Gasteiger partial charge < -0.3 is 29.7 Å². The number of hydrogen-bond acceptors (Lipinski definition) is 5. The number of halogens is 3. The highest BCUT2D eigenvalue weighted by atomic mass is 127. The van der Waals surface area contributed by atoms with E-state index in [2.05, 4.69) is 32.3 Å². The Labute approximate surface area is 187 Å². The predicted octanol–water partition coefficient (Wildman–Crippen LogP) is 3.17. The number of fused-ring (bicyclic) bond motifs is 1. The summed E-state index contributed by atoms with van der Waals surface area (Å²) in [5.74, 6) is 1.57. The molecule has 1 aliphatic heterocycles. The van der Waals surface area contributed by atoms with Crippen LogP contribution in [-0.4, -0.2) is 57.5 Å². The molecule has 1 saturated carbocycles. The van der Waals surface area contributed by atoms with Gasteiger partial charge in [0.2, 0.25) is 6.79 Å². The summed E-state index contributed by atoms with van der Waals surface area (Å²) in [4.78, 5) is 6.57. The molecule has 0 radical (unpaired) electrons. The van der Waals surface area contributed by atoms with Crippen LogP contribution in [0.2, 0.25) is 0 Å². The lowest BCUT2D eigenvalue weighted by Gasteiger charge is -2.24. The fourth-order valence-electron chi connectivity index (χ4n) is 3.59. The molecule has 0 unspecified atom stereocenters. The fraction of sp³-hybridized carbons (Fsp3) is 0.632. The first-order chi connectivity index (χ1) is 13.6. The molecule has 0 aromatic heterocycles. The second-order valence-corrected chi connectivity index (χ2v) is 6.96. The third-order valence-corrected chi connectivity index (χ3v) is 5.15. The number of hydrogen-bond donors (Lipinski definition) is 2. The van der Waals surface area contributed by atoms with Crippen molar-refractivity contribution >= 4 is 29.9 Å². The van der Waals surface area contributed by atoms with Crippen LogP contribution in [0, 0.1) is 0 Å². The number of benzene rings is 1. The van der Waals surface area contributed by atoms with Gasteiger partial charge >= 0.3 is 6.61 Å². The van der Waals surface area contributed by atoms with Crippen LogP contribution in [0.1, 0.15) is 31.2 Å². The summed E-state index contributed by atoms with van der Waals surface area (Å²) in [6.45, 7) is -0.930. The van der Waals surface area contributed by atoms with Gasteiger partial charge in [-0.2, -0.15) is 8.78 Å². The molecule has 7 nitrogen and oxygen atoms in total. The largest absolute Gasteiger partial charge is 0.454 e. The molecule has 3 rings (SSSR count). The van der Waals surface area contributed by atoms with Gasteiger partial charge in [0.1, 0.15) is 5.75 Å². The van der Waals surface area contributed by atoms with Gasteiger partial charge in [0, 0.05) is 44.4 Å². The Morgan fingerprint density at radius 2 is 1.93 bits per heavy atom. The lowest BCUT2D eigenvalue weighted by atomic mass is 10.1. The summed E-state index contributed by atoms with van der Waals surface area (Å²) in [5, 5.41) is 6.39. The standard InChI is InChI=1S/C19H28F2N4O3.HI/c1-22-19(23-7-8-25(2)14-5-3-4-6-14)24-11-13-9-16-17(27-12-26-16)10-15(13)28-18(20)21;/h9-10,14,18H,3-8,11-12H2,1-2H3,(H2,22,23,24);1H. The van der Waals surface area contributed by atoms with Crippen molar-refractivity contribution in [1.29, 1.82) is 0 Å². The second kappa shape index (κ2) is 11.6. The molecule has 0 amide bonds. The van der Waals surface area contributed by atoms with Gasteiger partial charge in [0.15, 0.2) is 17.5 Å². The molecule has 0 saturated heterocycles. The van der Waals surface area contributed by atoms with Crippen molar-refractivity contribution in [3.05, 3.63) is 17.7 Å². The van der Waals surface area contributed by atoms with E-state index in [0.717, 1.165) is 13.1 Å². The maximum atomic E-state index is 12.7. The van der Waals surface area contributed by atoms with Crippen LogP contribution in [0.25, 0.3) is 0 Å². The van der Waals surface area contributed by atoms with Gasteiger partial charge in [-0.3, -0.25) is 4.99 Å². The Bertz CT molecular complexity index is 688. The first-order valence-corrected chi connectivity index (χ1v) is 9.59. The van der Waals surface area contributed by atoms with E-state index < -0.39 is 6.61 Å². The monoisotopic (exact) mass is 526 g/mol. The Morgan fingerprint density at radius 1 is 1.24 bits per heavy atom. The highest BCUT2D eigenvalue weighted by Gasteiger charge is 2.21. The van der Waals surface area contributed by atoms with E-state index in [1.54, 1.807) is 13.1 Å². The quantitative estimate of drug-likeness (QED) is 0.308. The molecule has 29 heavy (non-hydrogen) atoms. The molecular weight excluding hydrogens is 497 g/mol. The topological polar surface area (TPSA) is 67.4 Å². The lowest BCUT2D eigenvalue weighted by Crippen LogP contribution is -2.42. The molecule has 1 heterocycles. The molecular formula is C19H29F2IN4O3. The minimum atomic E-state index is -2.91. The predicted molar refractivity (Wildman–Crippen MR) is 118 cm³/mol. The zero-order valence-electron chi connectivity index (χ0n) is 16.7. The number of nitrogens with one attached hydrogen (secondary N) is 2. The molecule has 1 aliphatic carbocycles. The van der Waals surface area contributed by atoms with Crippen LogP contribution in [0.15, 0.2) is 17.1 Å². The summed E-state index contributed by atoms with van der Waals surface area (Å²) < 4.78 is 40.7. The van der Waals surface area contributed by atoms with Crippen molar-refractivity contribution in [1.82, 2.24) is 15.5 Å². The summed E-state index contributed by atoms with van der Waals surface area (Å²) >= 11 is 0. The third kappa shape index (κ3) is 6.73. The number of ether oxygens (including phenoxy) is 3. The van der Waals surface area contributed by atoms with Crippen LogP contribution < -0.4 is 24.8 Å². The normalized spacial score (nSPS) is 16.3. The Hall–Kier alpha value is -1.56. The van der Waals surface area contributed by atoms with E-state index >= 15 is 0 Å². The first kappa shape index (κ1) is 23.7. The van der Waals surface area contributed by atoms with E-state index in [4.69, 9.17) is 9.47 Å². The van der Waals surface area contributed by atoms with Crippen LogP contribution in [0.5, 0.6) is 17.2 Å². The zero-order chi connectivity index (χ0) is 19.9. The molecule has 1 aromatic carbocycles. The Kier molecular flexibility index (Phi) is 9.47. The van der Waals surface area contributed by atoms with Crippen molar-refractivity contribution in [2.24, 2.45) is 4.99 Å². The van der Waals surface area contributed by atoms with Gasteiger partial charge in [-0.05, 0) is 26.0 Å². The molecule has 0 bridgehead atoms. The van der Waals surface area contributed by atoms with Gasteiger partial charge in [0.05, 0.1) is 0 Å². The number of aliphatic imine (C=N–C) groups is 1. The molecule has 0 atom stereocenters. The van der Waals surface area contributed by atoms with Crippen LogP contribution in [0.4, 0.5) is 8.78 Å². The lowest BCUT2D eigenvalue weighted by molar-refractivity contribution is -0.0505. The maximum Gasteiger partial charge on any atom is 0.387 e. The van der Waals surface area contributed by atoms with Crippen LogP contribution >= 0.6 is 24.0 Å². The summed E-state index contributed by atoms with van der Waals surface area (Å²) in [7, 11) is 3.82. The first-order valence-electron chi connectivity index (χ1n) is 9.59. The smallest absolute Gasteiger partial charge is 0.387 e. The van der Waals surface area contributed by atoms with Crippen molar-refractivity contribution < 1.29 is 23.0 Å². The second-order valence-electron chi connectivity index (χ2n) is 6.96. The van der Waals surface area contributed by atoms with Gasteiger partial charge in [-0.25, -0.2) is 0 Å². The van der Waals surface area contributed by atoms with E-state index in [1.807, 2.05) is 0 Å². The molecule has 0 spiro atoms. The number of guanidine groups is 1. The Balaban J connectivity index is 0.00000300. The highest BCUT2D eigenvalue weighted by molar-refractivity contribution is 14.0. The van der Waals surface area contributed by atoms with Crippen molar-refractivity contribution in [3.63, 3.8) is 0 Å². The van der Waals surface area contributed by atoms with Crippen molar-refractivity contribution in [3.8, 4) is 17.2 Å². The van der Waals surface area contributed by atoms with Crippen molar-refractivity contribution in [2.45, 2.75) is 44.9 Å². The van der Waals surface area contributed by atoms with Crippen LogP contribution in [0.3, 0.4) is 0 Å². The molecule has 1 aromatic rings. The highest BCUT2D eigenvalue weighted by Crippen LogP contribution is 2.38. The molecule has 164 valence electrons. The average molecular weight is 526 g/mol. The number of alkyl halides is 2. The summed E-state index contributed by atoms with van der Waals surface area (Å²) in [6, 6.07) is 3.74. The van der Waals surface area contributed by atoms with Gasteiger partial charge in [-0.15, -0.1) is 24.0 Å². The Morgan fingerprint density at radius 3 is 2.59 bits per heavy atom. The third-order valence-electron chi connectivity index (χ3n) is 5.15. The molecule has 10 heteroatoms. The number of rotatable bonds is 8. The maximum absolute atomic E-state index is 12.7. The summed E-state index contributed by atoms with van der Waals surface area (Å²) in [6.07, 6.45) is 5.15. The number of likely N-dealkylation sites (N-methyl/N-ethyl adjacent to an activating group) is 1. The van der Waals surface area contributed by atoms with Crippen molar-refractivity contribution in [2.75, 3.05) is 34.0 Å². The molecule has 2 aliphatic rings. The molecule has 1 fully saturated rings. The van der Waals surface area contributed by atoms with E-state index in [-0.39, 0.29) is 43.1 Å². The number of nitrogens with zero attached hydrogens (tertiary/aromatic N) is 2. The SMILES string of the molecule is CN=C(NCCN(C)C1CCCC1)NCc1cc2c(cc1OC(F)F)OCO2.I. The zero-order valence-corrected chi connectivity index (χ0v) is 19.1. The minimum absolute atomic E-state index is 0. The fourth-order valence-corrected chi connectivity index (χ4v) is 3.59. The van der Waals surface area contributed by atoms with E-state index in [1.165, 1.54) is 31.7 Å². The minimum Gasteiger partial charge on any atom is -0.454 e. The molecule has 2 N–H and O–H groups in total. The van der Waals surface area contributed by atoms with Crippen LogP contribution in [-0.2, 0) is 6.54 Å². The summed E-state index contributed by atoms with van der Waals surface area (Å²) in [5.41, 5.74) is 0.538. The van der Waals surface area contributed by atoms with E-state index in [0.29, 0.717) is 29.1 Å². The van der Waals surface area contributed by atoms with E-state index in [9.17, 15) is 8.78 Å². The van der Waals surface area contributed by atoms with Gasteiger partial charge in [-0.1, -0.05) is 12.8 Å². The average Bonchev–Trinajstić information content (AvgIpc) is 3.35. The van der Waals surface area contributed by atoms with Gasteiger partial charge in [0.25, 0.3) is 0 Å².